The molecule has 1 aromatic rings. The first kappa shape index (κ1) is 14.1. The topological polar surface area (TPSA) is 39.1 Å². The third-order valence-electron chi connectivity index (χ3n) is 5.56. The highest BCUT2D eigenvalue weighted by atomic mass is 16.5. The summed E-state index contributed by atoms with van der Waals surface area (Å²) < 4.78 is 7.92. The molecule has 1 heterocycles. The fourth-order valence-corrected chi connectivity index (χ4v) is 4.12. The number of aryl methyl sites for hydroxylation is 1. The zero-order valence-electron chi connectivity index (χ0n) is 13.0. The number of rotatable bonds is 5. The van der Waals surface area contributed by atoms with Gasteiger partial charge in [-0.05, 0) is 33.1 Å². The highest BCUT2D eigenvalue weighted by Crippen LogP contribution is 2.54. The summed E-state index contributed by atoms with van der Waals surface area (Å²) in [6.45, 7) is 6.04. The lowest BCUT2D eigenvalue weighted by atomic mass is 9.60. The minimum absolute atomic E-state index is 0.423. The number of nitrogens with zero attached hydrogens (tertiary/aromatic N) is 2. The Morgan fingerprint density at radius 2 is 2.20 bits per heavy atom. The summed E-state index contributed by atoms with van der Waals surface area (Å²) >= 11 is 0. The van der Waals surface area contributed by atoms with E-state index >= 15 is 0 Å². The van der Waals surface area contributed by atoms with Crippen LogP contribution in [0.25, 0.3) is 0 Å². The Labute approximate surface area is 121 Å². The van der Waals surface area contributed by atoms with Crippen LogP contribution < -0.4 is 5.32 Å². The first-order chi connectivity index (χ1) is 9.67. The smallest absolute Gasteiger partial charge is 0.0661 e. The van der Waals surface area contributed by atoms with Crippen molar-refractivity contribution < 1.29 is 4.74 Å². The van der Waals surface area contributed by atoms with Gasteiger partial charge in [0.1, 0.15) is 0 Å². The number of ether oxygens (including phenoxy) is 1. The molecule has 1 aromatic heterocycles. The summed E-state index contributed by atoms with van der Waals surface area (Å²) in [5.74, 6) is 0. The molecule has 4 heteroatoms. The minimum atomic E-state index is 0.423. The van der Waals surface area contributed by atoms with Gasteiger partial charge in [-0.3, -0.25) is 4.68 Å². The SMILES string of the molecule is CCOC1CC(NCc2cnn(C)c2C)C12CCCC2. The van der Waals surface area contributed by atoms with Crippen molar-refractivity contribution in [3.05, 3.63) is 17.5 Å². The van der Waals surface area contributed by atoms with Crippen molar-refractivity contribution in [3.63, 3.8) is 0 Å². The maximum Gasteiger partial charge on any atom is 0.0661 e. The van der Waals surface area contributed by atoms with Crippen LogP contribution in [0.3, 0.4) is 0 Å². The molecule has 20 heavy (non-hydrogen) atoms. The molecule has 112 valence electrons. The molecule has 0 aliphatic heterocycles. The molecule has 0 bridgehead atoms. The van der Waals surface area contributed by atoms with Crippen LogP contribution in [0.2, 0.25) is 0 Å². The summed E-state index contributed by atoms with van der Waals surface area (Å²) in [5.41, 5.74) is 3.01. The van der Waals surface area contributed by atoms with E-state index in [-0.39, 0.29) is 0 Å². The van der Waals surface area contributed by atoms with Crippen molar-refractivity contribution in [2.24, 2.45) is 12.5 Å². The zero-order chi connectivity index (χ0) is 14.2. The standard InChI is InChI=1S/C16H27N3O/c1-4-20-15-9-14(16(15)7-5-6-8-16)17-10-13-11-18-19(3)12(13)2/h11,14-15,17H,4-10H2,1-3H3. The molecule has 2 aliphatic rings. The molecular weight excluding hydrogens is 250 g/mol. The Morgan fingerprint density at radius 3 is 2.80 bits per heavy atom. The van der Waals surface area contributed by atoms with Crippen LogP contribution in [-0.2, 0) is 18.3 Å². The van der Waals surface area contributed by atoms with Crippen molar-refractivity contribution in [1.29, 1.82) is 0 Å². The van der Waals surface area contributed by atoms with Crippen molar-refractivity contribution in [1.82, 2.24) is 15.1 Å². The van der Waals surface area contributed by atoms with Gasteiger partial charge in [0.25, 0.3) is 0 Å². The molecule has 2 unspecified atom stereocenters. The molecule has 2 atom stereocenters. The Kier molecular flexibility index (Phi) is 3.87. The van der Waals surface area contributed by atoms with Crippen LogP contribution in [0.15, 0.2) is 6.20 Å². The fraction of sp³-hybridized carbons (Fsp3) is 0.812. The predicted molar refractivity (Wildman–Crippen MR) is 79.5 cm³/mol. The van der Waals surface area contributed by atoms with E-state index in [1.54, 1.807) is 0 Å². The highest BCUT2D eigenvalue weighted by Gasteiger charge is 2.56. The second-order valence-corrected chi connectivity index (χ2v) is 6.43. The maximum atomic E-state index is 5.97. The second-order valence-electron chi connectivity index (χ2n) is 6.43. The lowest BCUT2D eigenvalue weighted by Crippen LogP contribution is -2.62. The number of hydrogen-bond acceptors (Lipinski definition) is 3. The van der Waals surface area contributed by atoms with Crippen LogP contribution in [0.5, 0.6) is 0 Å². The van der Waals surface area contributed by atoms with E-state index < -0.39 is 0 Å². The van der Waals surface area contributed by atoms with Crippen LogP contribution in [0.4, 0.5) is 0 Å². The second kappa shape index (κ2) is 5.49. The number of nitrogens with one attached hydrogen (secondary N) is 1. The Bertz CT molecular complexity index is 462. The first-order valence-electron chi connectivity index (χ1n) is 8.00. The molecule has 0 aromatic carbocycles. The molecule has 0 saturated heterocycles. The Hall–Kier alpha value is -0.870. The summed E-state index contributed by atoms with van der Waals surface area (Å²) in [6.07, 6.45) is 9.06. The Morgan fingerprint density at radius 1 is 1.45 bits per heavy atom. The largest absolute Gasteiger partial charge is 0.378 e. The summed E-state index contributed by atoms with van der Waals surface area (Å²) in [4.78, 5) is 0. The monoisotopic (exact) mass is 277 g/mol. The van der Waals surface area contributed by atoms with Crippen LogP contribution >= 0.6 is 0 Å². The lowest BCUT2D eigenvalue weighted by Gasteiger charge is -2.54. The van der Waals surface area contributed by atoms with Crippen LogP contribution in [0, 0.1) is 12.3 Å². The minimum Gasteiger partial charge on any atom is -0.378 e. The summed E-state index contributed by atoms with van der Waals surface area (Å²) in [5, 5.41) is 8.10. The summed E-state index contributed by atoms with van der Waals surface area (Å²) in [7, 11) is 2.01. The normalized spacial score (nSPS) is 27.9. The van der Waals surface area contributed by atoms with Gasteiger partial charge in [0, 0.05) is 42.9 Å². The van der Waals surface area contributed by atoms with E-state index in [0.29, 0.717) is 17.6 Å². The van der Waals surface area contributed by atoms with E-state index in [4.69, 9.17) is 4.74 Å². The van der Waals surface area contributed by atoms with Gasteiger partial charge in [-0.25, -0.2) is 0 Å². The molecule has 2 saturated carbocycles. The molecular formula is C16H27N3O. The van der Waals surface area contributed by atoms with Gasteiger partial charge in [0.15, 0.2) is 0 Å². The quantitative estimate of drug-likeness (QED) is 0.899. The molecule has 3 rings (SSSR count). The van der Waals surface area contributed by atoms with E-state index in [1.807, 2.05) is 17.9 Å². The predicted octanol–water partition coefficient (Wildman–Crippen LogP) is 2.56. The molecule has 2 fully saturated rings. The average Bonchev–Trinajstić information content (AvgIpc) is 3.05. The van der Waals surface area contributed by atoms with Gasteiger partial charge in [0.05, 0.1) is 12.3 Å². The van der Waals surface area contributed by atoms with Gasteiger partial charge < -0.3 is 10.1 Å². The third kappa shape index (κ3) is 2.19. The van der Waals surface area contributed by atoms with Gasteiger partial charge in [-0.2, -0.15) is 5.10 Å². The van der Waals surface area contributed by atoms with E-state index in [2.05, 4.69) is 24.3 Å². The van der Waals surface area contributed by atoms with Crippen LogP contribution in [0.1, 0.15) is 50.3 Å². The number of aromatic nitrogens is 2. The number of hydrogen-bond donors (Lipinski definition) is 1. The van der Waals surface area contributed by atoms with Gasteiger partial charge >= 0.3 is 0 Å². The van der Waals surface area contributed by atoms with Crippen LogP contribution in [-0.4, -0.2) is 28.5 Å². The van der Waals surface area contributed by atoms with E-state index in [0.717, 1.165) is 13.2 Å². The van der Waals surface area contributed by atoms with E-state index in [1.165, 1.54) is 43.4 Å². The van der Waals surface area contributed by atoms with Gasteiger partial charge in [-0.15, -0.1) is 0 Å². The molecule has 4 nitrogen and oxygen atoms in total. The first-order valence-corrected chi connectivity index (χ1v) is 8.00. The van der Waals surface area contributed by atoms with Crippen molar-refractivity contribution in [2.45, 2.75) is 64.6 Å². The molecule has 2 aliphatic carbocycles. The maximum absolute atomic E-state index is 5.97. The summed E-state index contributed by atoms with van der Waals surface area (Å²) in [6, 6.07) is 0.626. The van der Waals surface area contributed by atoms with Crippen molar-refractivity contribution in [2.75, 3.05) is 6.61 Å². The zero-order valence-corrected chi connectivity index (χ0v) is 13.0. The van der Waals surface area contributed by atoms with Gasteiger partial charge in [0.2, 0.25) is 0 Å². The van der Waals surface area contributed by atoms with Gasteiger partial charge in [-0.1, -0.05) is 12.8 Å². The lowest BCUT2D eigenvalue weighted by molar-refractivity contribution is -0.130. The average molecular weight is 277 g/mol. The molecule has 0 radical (unpaired) electrons. The van der Waals surface area contributed by atoms with E-state index in [9.17, 15) is 0 Å². The highest BCUT2D eigenvalue weighted by molar-refractivity contribution is 5.17. The van der Waals surface area contributed by atoms with Crippen molar-refractivity contribution >= 4 is 0 Å². The Balaban J connectivity index is 1.62. The molecule has 0 amide bonds. The fourth-order valence-electron chi connectivity index (χ4n) is 4.12. The molecule has 1 spiro atoms. The van der Waals surface area contributed by atoms with Crippen molar-refractivity contribution in [3.8, 4) is 0 Å². The third-order valence-corrected chi connectivity index (χ3v) is 5.56. The molecule has 1 N–H and O–H groups in total.